The number of rotatable bonds is 5. The van der Waals surface area contributed by atoms with Gasteiger partial charge in [-0.05, 0) is 68.1 Å². The average Bonchev–Trinajstić information content (AvgIpc) is 3.47. The van der Waals surface area contributed by atoms with E-state index in [0.29, 0.717) is 11.5 Å². The number of hydrogen-bond acceptors (Lipinski definition) is 5. The van der Waals surface area contributed by atoms with Gasteiger partial charge in [-0.25, -0.2) is 9.07 Å². The molecule has 3 saturated heterocycles. The van der Waals surface area contributed by atoms with Crippen molar-refractivity contribution in [1.29, 1.82) is 5.26 Å². The Kier molecular flexibility index (Phi) is 5.07. The maximum absolute atomic E-state index is 14.5. The van der Waals surface area contributed by atoms with Gasteiger partial charge in [-0.1, -0.05) is 6.07 Å². The van der Waals surface area contributed by atoms with E-state index < -0.39 is 5.82 Å². The molecule has 3 aliphatic rings. The molecule has 0 unspecified atom stereocenters. The van der Waals surface area contributed by atoms with Crippen molar-refractivity contribution >= 4 is 16.7 Å². The molecule has 1 atom stereocenters. The van der Waals surface area contributed by atoms with Crippen LogP contribution in [0.2, 0.25) is 0 Å². The SMILES string of the molecule is Cn1ncc2cc(-n3nc(NC[C@@H]4CN5CCC4CC5)cc3-c3ccc(C#N)c(F)c3)ccc21. The van der Waals surface area contributed by atoms with Crippen LogP contribution in [0.5, 0.6) is 0 Å². The van der Waals surface area contributed by atoms with Crippen LogP contribution in [0.4, 0.5) is 10.2 Å². The van der Waals surface area contributed by atoms with Crippen LogP contribution in [0.15, 0.2) is 48.7 Å². The Morgan fingerprint density at radius 2 is 2.00 bits per heavy atom. The van der Waals surface area contributed by atoms with Crippen LogP contribution in [0.3, 0.4) is 0 Å². The van der Waals surface area contributed by atoms with Gasteiger partial charge in [-0.15, -0.1) is 5.10 Å². The number of nitrogens with one attached hydrogen (secondary N) is 1. The fourth-order valence-electron chi connectivity index (χ4n) is 5.47. The summed E-state index contributed by atoms with van der Waals surface area (Å²) < 4.78 is 18.2. The molecular weight excluding hydrogens is 429 g/mol. The third kappa shape index (κ3) is 3.62. The predicted molar refractivity (Wildman–Crippen MR) is 129 cm³/mol. The number of hydrogen-bond donors (Lipinski definition) is 1. The molecule has 7 nitrogen and oxygen atoms in total. The topological polar surface area (TPSA) is 74.7 Å². The zero-order chi connectivity index (χ0) is 23.2. The number of fused-ring (bicyclic) bond motifs is 4. The third-order valence-corrected chi connectivity index (χ3v) is 7.41. The second-order valence-corrected chi connectivity index (χ2v) is 9.42. The van der Waals surface area contributed by atoms with Gasteiger partial charge >= 0.3 is 0 Å². The molecule has 0 saturated carbocycles. The lowest BCUT2D eigenvalue weighted by atomic mass is 9.79. The number of nitriles is 1. The van der Waals surface area contributed by atoms with Gasteiger partial charge < -0.3 is 10.2 Å². The molecule has 3 fully saturated rings. The summed E-state index contributed by atoms with van der Waals surface area (Å²) >= 11 is 0. The maximum Gasteiger partial charge on any atom is 0.149 e. The third-order valence-electron chi connectivity index (χ3n) is 7.41. The monoisotopic (exact) mass is 455 g/mol. The molecular formula is C26H26FN7. The van der Waals surface area contributed by atoms with E-state index >= 15 is 0 Å². The van der Waals surface area contributed by atoms with Gasteiger partial charge in [0.15, 0.2) is 0 Å². The lowest BCUT2D eigenvalue weighted by molar-refractivity contribution is 0.0574. The number of benzene rings is 2. The molecule has 0 amide bonds. The molecule has 8 heteroatoms. The second kappa shape index (κ2) is 8.26. The van der Waals surface area contributed by atoms with Gasteiger partial charge in [0, 0.05) is 37.2 Å². The standard InChI is InChI=1S/C26H26FN7/c1-32-24-5-4-22(10-20(24)15-30-32)34-25(18-2-3-19(13-28)23(27)11-18)12-26(31-34)29-14-21-16-33-8-6-17(21)7-9-33/h2-5,10-12,15,17,21H,6-9,14,16H2,1H3,(H,29,31)/t21-/m1/s1. The Morgan fingerprint density at radius 3 is 2.74 bits per heavy atom. The minimum Gasteiger partial charge on any atom is -0.368 e. The van der Waals surface area contributed by atoms with Crippen molar-refractivity contribution in [2.24, 2.45) is 18.9 Å². The first-order valence-corrected chi connectivity index (χ1v) is 11.8. The van der Waals surface area contributed by atoms with Gasteiger partial charge in [0.05, 0.1) is 28.7 Å². The van der Waals surface area contributed by atoms with E-state index in [0.717, 1.165) is 47.1 Å². The molecule has 0 spiro atoms. The summed E-state index contributed by atoms with van der Waals surface area (Å²) in [7, 11) is 1.91. The van der Waals surface area contributed by atoms with E-state index in [-0.39, 0.29) is 5.56 Å². The Balaban J connectivity index is 1.36. The number of anilines is 1. The highest BCUT2D eigenvalue weighted by atomic mass is 19.1. The number of aromatic nitrogens is 4. The first-order chi connectivity index (χ1) is 16.6. The molecule has 0 radical (unpaired) electrons. The Labute approximate surface area is 197 Å². The number of nitrogens with zero attached hydrogens (tertiary/aromatic N) is 6. The second-order valence-electron chi connectivity index (χ2n) is 9.42. The van der Waals surface area contributed by atoms with Crippen molar-refractivity contribution in [2.45, 2.75) is 12.8 Å². The molecule has 3 aliphatic heterocycles. The number of aryl methyl sites for hydroxylation is 1. The predicted octanol–water partition coefficient (Wildman–Crippen LogP) is 4.19. The van der Waals surface area contributed by atoms with Crippen LogP contribution in [0.1, 0.15) is 18.4 Å². The first-order valence-electron chi connectivity index (χ1n) is 11.8. The zero-order valence-corrected chi connectivity index (χ0v) is 19.1. The lowest BCUT2D eigenvalue weighted by Gasteiger charge is -2.44. The molecule has 34 heavy (non-hydrogen) atoms. The molecule has 1 N–H and O–H groups in total. The normalized spacial score (nSPS) is 21.6. The summed E-state index contributed by atoms with van der Waals surface area (Å²) in [5.41, 5.74) is 3.38. The van der Waals surface area contributed by atoms with Crippen LogP contribution < -0.4 is 5.32 Å². The van der Waals surface area contributed by atoms with Crippen molar-refractivity contribution < 1.29 is 4.39 Å². The van der Waals surface area contributed by atoms with E-state index in [4.69, 9.17) is 10.4 Å². The fourth-order valence-corrected chi connectivity index (χ4v) is 5.47. The molecule has 2 bridgehead atoms. The Morgan fingerprint density at radius 1 is 1.15 bits per heavy atom. The molecule has 2 aromatic carbocycles. The Bertz CT molecular complexity index is 1400. The summed E-state index contributed by atoms with van der Waals surface area (Å²) in [4.78, 5) is 2.55. The molecule has 7 rings (SSSR count). The largest absolute Gasteiger partial charge is 0.368 e. The fraction of sp³-hybridized carbons (Fsp3) is 0.346. The summed E-state index contributed by atoms with van der Waals surface area (Å²) in [6, 6.07) is 14.6. The summed E-state index contributed by atoms with van der Waals surface area (Å²) in [6.07, 6.45) is 4.39. The minimum atomic E-state index is -0.530. The van der Waals surface area contributed by atoms with Crippen LogP contribution in [0.25, 0.3) is 27.8 Å². The molecule has 2 aromatic heterocycles. The zero-order valence-electron chi connectivity index (χ0n) is 19.1. The van der Waals surface area contributed by atoms with Crippen molar-refractivity contribution in [3.8, 4) is 23.0 Å². The highest BCUT2D eigenvalue weighted by Crippen LogP contribution is 2.33. The smallest absolute Gasteiger partial charge is 0.149 e. The minimum absolute atomic E-state index is 0.0345. The van der Waals surface area contributed by atoms with Gasteiger partial charge in [0.1, 0.15) is 17.7 Å². The van der Waals surface area contributed by atoms with Gasteiger partial charge in [0.25, 0.3) is 0 Å². The molecule has 4 aromatic rings. The van der Waals surface area contributed by atoms with Crippen LogP contribution in [-0.2, 0) is 7.05 Å². The van der Waals surface area contributed by atoms with Crippen molar-refractivity contribution in [2.75, 3.05) is 31.5 Å². The van der Waals surface area contributed by atoms with Crippen molar-refractivity contribution in [1.82, 2.24) is 24.5 Å². The van der Waals surface area contributed by atoms with Gasteiger partial charge in [0.2, 0.25) is 0 Å². The van der Waals surface area contributed by atoms with Crippen LogP contribution >= 0.6 is 0 Å². The van der Waals surface area contributed by atoms with Crippen molar-refractivity contribution in [3.05, 3.63) is 60.0 Å². The van der Waals surface area contributed by atoms with E-state index in [2.05, 4.69) is 15.3 Å². The lowest BCUT2D eigenvalue weighted by Crippen LogP contribution is -2.49. The molecule has 5 heterocycles. The highest BCUT2D eigenvalue weighted by Gasteiger charge is 2.33. The van der Waals surface area contributed by atoms with E-state index in [1.807, 2.05) is 52.9 Å². The highest BCUT2D eigenvalue weighted by molar-refractivity contribution is 5.81. The maximum atomic E-state index is 14.5. The molecule has 0 aliphatic carbocycles. The van der Waals surface area contributed by atoms with Crippen molar-refractivity contribution in [3.63, 3.8) is 0 Å². The van der Waals surface area contributed by atoms with E-state index in [1.54, 1.807) is 6.07 Å². The van der Waals surface area contributed by atoms with Crippen LogP contribution in [-0.4, -0.2) is 50.6 Å². The summed E-state index contributed by atoms with van der Waals surface area (Å²) in [5, 5.41) is 22.9. The van der Waals surface area contributed by atoms with E-state index in [1.165, 1.54) is 38.1 Å². The van der Waals surface area contributed by atoms with Gasteiger partial charge in [-0.2, -0.15) is 10.4 Å². The number of piperidine rings is 3. The van der Waals surface area contributed by atoms with Crippen LogP contribution in [0, 0.1) is 29.0 Å². The average molecular weight is 456 g/mol. The van der Waals surface area contributed by atoms with E-state index in [9.17, 15) is 4.39 Å². The molecule has 172 valence electrons. The first kappa shape index (κ1) is 20.9. The Hall–Kier alpha value is -3.70. The number of halogens is 1. The quantitative estimate of drug-likeness (QED) is 0.488. The summed E-state index contributed by atoms with van der Waals surface area (Å²) in [5.74, 6) is 1.63. The van der Waals surface area contributed by atoms with Gasteiger partial charge in [-0.3, -0.25) is 4.68 Å². The summed E-state index contributed by atoms with van der Waals surface area (Å²) in [6.45, 7) is 4.47.